The van der Waals surface area contributed by atoms with E-state index in [4.69, 9.17) is 5.73 Å². The van der Waals surface area contributed by atoms with E-state index in [9.17, 15) is 0 Å². The molecule has 0 heterocycles. The van der Waals surface area contributed by atoms with Crippen molar-refractivity contribution in [1.82, 2.24) is 0 Å². The third-order valence-corrected chi connectivity index (χ3v) is 4.05. The number of rotatable bonds is 0. The van der Waals surface area contributed by atoms with Crippen LogP contribution in [0.2, 0.25) is 0 Å². The third kappa shape index (κ3) is 1.76. The van der Waals surface area contributed by atoms with Crippen molar-refractivity contribution in [3.63, 3.8) is 0 Å². The molecule has 2 N–H and O–H groups in total. The van der Waals surface area contributed by atoms with Crippen molar-refractivity contribution in [3.8, 4) is 0 Å². The molecule has 2 rings (SSSR count). The lowest BCUT2D eigenvalue weighted by Gasteiger charge is -2.53. The number of hydrogen-bond donors (Lipinski definition) is 1. The standard InChI is InChI=1S/C12H23N/c1-9-4-11(2)6-10(13)7-12(3,5-9)8-11/h9-10H,4-8,13H2,1-3H3. The maximum absolute atomic E-state index is 6.14. The summed E-state index contributed by atoms with van der Waals surface area (Å²) in [5.41, 5.74) is 7.26. The van der Waals surface area contributed by atoms with Crippen LogP contribution in [-0.4, -0.2) is 6.04 Å². The van der Waals surface area contributed by atoms with Gasteiger partial charge in [-0.25, -0.2) is 0 Å². The highest BCUT2D eigenvalue weighted by Crippen LogP contribution is 2.56. The van der Waals surface area contributed by atoms with Crippen molar-refractivity contribution in [2.75, 3.05) is 0 Å². The Hall–Kier alpha value is -0.0400. The van der Waals surface area contributed by atoms with Gasteiger partial charge in [0.1, 0.15) is 0 Å². The molecular formula is C12H23N. The average molecular weight is 181 g/mol. The number of hydrogen-bond acceptors (Lipinski definition) is 1. The minimum atomic E-state index is 0.469. The molecule has 0 amide bonds. The topological polar surface area (TPSA) is 26.0 Å². The van der Waals surface area contributed by atoms with Crippen LogP contribution in [0.4, 0.5) is 0 Å². The summed E-state index contributed by atoms with van der Waals surface area (Å²) in [7, 11) is 0. The fourth-order valence-electron chi connectivity index (χ4n) is 4.58. The first-order valence-corrected chi connectivity index (χ1v) is 5.66. The van der Waals surface area contributed by atoms with E-state index in [0.717, 1.165) is 5.92 Å². The summed E-state index contributed by atoms with van der Waals surface area (Å²) < 4.78 is 0. The molecule has 2 bridgehead atoms. The largest absolute Gasteiger partial charge is 0.328 e. The van der Waals surface area contributed by atoms with Gasteiger partial charge in [0, 0.05) is 6.04 Å². The molecule has 2 fully saturated rings. The van der Waals surface area contributed by atoms with Crippen LogP contribution in [0, 0.1) is 16.7 Å². The Morgan fingerprint density at radius 3 is 1.92 bits per heavy atom. The van der Waals surface area contributed by atoms with E-state index in [1.807, 2.05) is 0 Å². The predicted octanol–water partition coefficient (Wildman–Crippen LogP) is 2.94. The molecule has 0 aromatic rings. The maximum Gasteiger partial charge on any atom is 0.00492 e. The highest BCUT2D eigenvalue weighted by atomic mass is 14.7. The van der Waals surface area contributed by atoms with Crippen molar-refractivity contribution in [3.05, 3.63) is 0 Å². The van der Waals surface area contributed by atoms with E-state index in [-0.39, 0.29) is 0 Å². The van der Waals surface area contributed by atoms with E-state index < -0.39 is 0 Å². The first-order chi connectivity index (χ1) is 5.91. The molecule has 0 radical (unpaired) electrons. The first-order valence-electron chi connectivity index (χ1n) is 5.66. The van der Waals surface area contributed by atoms with E-state index in [2.05, 4.69) is 20.8 Å². The monoisotopic (exact) mass is 181 g/mol. The van der Waals surface area contributed by atoms with Crippen molar-refractivity contribution in [1.29, 1.82) is 0 Å². The van der Waals surface area contributed by atoms with Crippen LogP contribution in [0.25, 0.3) is 0 Å². The van der Waals surface area contributed by atoms with Gasteiger partial charge in [0.2, 0.25) is 0 Å². The molecule has 0 saturated heterocycles. The lowest BCUT2D eigenvalue weighted by Crippen LogP contribution is -2.48. The molecular weight excluding hydrogens is 158 g/mol. The second kappa shape index (κ2) is 2.73. The Morgan fingerprint density at radius 2 is 1.46 bits per heavy atom. The molecule has 0 spiro atoms. The summed E-state index contributed by atoms with van der Waals surface area (Å²) in [6, 6.07) is 0.469. The smallest absolute Gasteiger partial charge is 0.00492 e. The normalized spacial score (nSPS) is 56.3. The zero-order valence-corrected chi connectivity index (χ0v) is 9.27. The Balaban J connectivity index is 2.22. The molecule has 1 heteroatoms. The van der Waals surface area contributed by atoms with Gasteiger partial charge in [-0.2, -0.15) is 0 Å². The fourth-order valence-corrected chi connectivity index (χ4v) is 4.58. The minimum Gasteiger partial charge on any atom is -0.328 e. The summed E-state index contributed by atoms with van der Waals surface area (Å²) in [5.74, 6) is 0.913. The molecule has 2 atom stereocenters. The van der Waals surface area contributed by atoms with E-state index in [1.165, 1.54) is 32.1 Å². The van der Waals surface area contributed by atoms with Gasteiger partial charge >= 0.3 is 0 Å². The van der Waals surface area contributed by atoms with Crippen LogP contribution in [0.1, 0.15) is 52.9 Å². The van der Waals surface area contributed by atoms with Crippen LogP contribution in [-0.2, 0) is 0 Å². The molecule has 76 valence electrons. The minimum absolute atomic E-state index is 0.469. The lowest BCUT2D eigenvalue weighted by atomic mass is 9.53. The zero-order valence-electron chi connectivity index (χ0n) is 9.27. The van der Waals surface area contributed by atoms with Crippen LogP contribution in [0.15, 0.2) is 0 Å². The number of nitrogens with two attached hydrogens (primary N) is 1. The molecule has 0 aromatic heterocycles. The van der Waals surface area contributed by atoms with Crippen molar-refractivity contribution in [2.45, 2.75) is 58.9 Å². The molecule has 2 aliphatic carbocycles. The van der Waals surface area contributed by atoms with Crippen LogP contribution >= 0.6 is 0 Å². The van der Waals surface area contributed by atoms with Gasteiger partial charge in [0.05, 0.1) is 0 Å². The zero-order chi connectivity index (χ0) is 9.69. The molecule has 0 aromatic carbocycles. The highest BCUT2D eigenvalue weighted by molar-refractivity contribution is 4.99. The van der Waals surface area contributed by atoms with Gasteiger partial charge in [0.25, 0.3) is 0 Å². The van der Waals surface area contributed by atoms with Crippen molar-refractivity contribution >= 4 is 0 Å². The van der Waals surface area contributed by atoms with Gasteiger partial charge in [0.15, 0.2) is 0 Å². The molecule has 2 unspecified atom stereocenters. The Morgan fingerprint density at radius 1 is 1.00 bits per heavy atom. The summed E-state index contributed by atoms with van der Waals surface area (Å²) in [6.07, 6.45) is 6.73. The predicted molar refractivity (Wildman–Crippen MR) is 56.4 cm³/mol. The highest BCUT2D eigenvalue weighted by Gasteiger charge is 2.47. The second-order valence-corrected chi connectivity index (χ2v) is 6.48. The Labute approximate surface area is 82.1 Å². The molecule has 0 aliphatic heterocycles. The molecule has 1 nitrogen and oxygen atoms in total. The first kappa shape index (κ1) is 9.51. The number of fused-ring (bicyclic) bond motifs is 2. The summed E-state index contributed by atoms with van der Waals surface area (Å²) in [6.45, 7) is 7.30. The lowest BCUT2D eigenvalue weighted by molar-refractivity contribution is -0.0121. The Kier molecular flexibility index (Phi) is 1.99. The van der Waals surface area contributed by atoms with Crippen molar-refractivity contribution in [2.24, 2.45) is 22.5 Å². The summed E-state index contributed by atoms with van der Waals surface area (Å²) in [4.78, 5) is 0. The average Bonchev–Trinajstić information content (AvgIpc) is 1.75. The SMILES string of the molecule is CC1CC2(C)CC(N)CC(C)(C1)C2. The van der Waals surface area contributed by atoms with Gasteiger partial charge in [-0.05, 0) is 48.9 Å². The maximum atomic E-state index is 6.14. The van der Waals surface area contributed by atoms with Crippen LogP contribution in [0.5, 0.6) is 0 Å². The molecule has 2 aliphatic rings. The van der Waals surface area contributed by atoms with Gasteiger partial charge in [-0.3, -0.25) is 0 Å². The summed E-state index contributed by atoms with van der Waals surface area (Å²) in [5, 5.41) is 0. The van der Waals surface area contributed by atoms with Crippen molar-refractivity contribution < 1.29 is 0 Å². The molecule has 2 saturated carbocycles. The fraction of sp³-hybridized carbons (Fsp3) is 1.00. The summed E-state index contributed by atoms with van der Waals surface area (Å²) >= 11 is 0. The van der Waals surface area contributed by atoms with E-state index in [1.54, 1.807) is 0 Å². The van der Waals surface area contributed by atoms with Gasteiger partial charge in [-0.1, -0.05) is 20.8 Å². The van der Waals surface area contributed by atoms with Crippen LogP contribution < -0.4 is 5.73 Å². The van der Waals surface area contributed by atoms with E-state index >= 15 is 0 Å². The quantitative estimate of drug-likeness (QED) is 0.611. The van der Waals surface area contributed by atoms with Gasteiger partial charge in [-0.15, -0.1) is 0 Å². The molecule has 13 heavy (non-hydrogen) atoms. The Bertz CT molecular complexity index is 175. The third-order valence-electron chi connectivity index (χ3n) is 4.05. The van der Waals surface area contributed by atoms with E-state index in [0.29, 0.717) is 16.9 Å². The van der Waals surface area contributed by atoms with Gasteiger partial charge < -0.3 is 5.73 Å². The second-order valence-electron chi connectivity index (χ2n) is 6.48. The van der Waals surface area contributed by atoms with Crippen LogP contribution in [0.3, 0.4) is 0 Å².